The van der Waals surface area contributed by atoms with Gasteiger partial charge in [-0.15, -0.1) is 0 Å². The molecule has 2 rings (SSSR count). The van der Waals surface area contributed by atoms with Crippen molar-refractivity contribution in [3.05, 3.63) is 38.9 Å². The van der Waals surface area contributed by atoms with Crippen LogP contribution in [0.5, 0.6) is 0 Å². The highest BCUT2D eigenvalue weighted by molar-refractivity contribution is 6.34. The molecule has 1 aromatic rings. The standard InChI is InChI=1S/C14H18ClN3O3/c1-2-8-17(10-6-7-16-9-10)14(19)13-11(15)4-3-5-12(13)18(20)21/h3-5,10,16H,2,6-9H2,1H3. The Hall–Kier alpha value is -1.66. The fourth-order valence-corrected chi connectivity index (χ4v) is 2.87. The number of nitro groups is 1. The summed E-state index contributed by atoms with van der Waals surface area (Å²) in [7, 11) is 0. The fraction of sp³-hybridized carbons (Fsp3) is 0.500. The lowest BCUT2D eigenvalue weighted by Crippen LogP contribution is -2.42. The Morgan fingerprint density at radius 1 is 1.57 bits per heavy atom. The van der Waals surface area contributed by atoms with Crippen LogP contribution >= 0.6 is 11.6 Å². The number of nitrogens with one attached hydrogen (secondary N) is 1. The summed E-state index contributed by atoms with van der Waals surface area (Å²) in [5.41, 5.74) is -0.246. The summed E-state index contributed by atoms with van der Waals surface area (Å²) in [5.74, 6) is -0.358. The average Bonchev–Trinajstić information content (AvgIpc) is 2.97. The summed E-state index contributed by atoms with van der Waals surface area (Å²) in [6.45, 7) is 4.10. The van der Waals surface area contributed by atoms with Crippen molar-refractivity contribution >= 4 is 23.2 Å². The molecule has 1 aliphatic heterocycles. The van der Waals surface area contributed by atoms with Crippen molar-refractivity contribution in [2.45, 2.75) is 25.8 Å². The molecule has 0 radical (unpaired) electrons. The number of carbonyl (C=O) groups is 1. The second kappa shape index (κ2) is 6.87. The Kier molecular flexibility index (Phi) is 5.14. The van der Waals surface area contributed by atoms with Crippen molar-refractivity contribution < 1.29 is 9.72 Å². The van der Waals surface area contributed by atoms with E-state index < -0.39 is 4.92 Å². The molecule has 1 saturated heterocycles. The Labute approximate surface area is 128 Å². The third-order valence-corrected chi connectivity index (χ3v) is 3.92. The number of nitro benzene ring substituents is 1. The maximum Gasteiger partial charge on any atom is 0.283 e. The molecule has 0 aliphatic carbocycles. The Bertz CT molecular complexity index is 544. The van der Waals surface area contributed by atoms with Crippen LogP contribution in [0, 0.1) is 10.1 Å². The van der Waals surface area contributed by atoms with Gasteiger partial charge >= 0.3 is 0 Å². The van der Waals surface area contributed by atoms with E-state index >= 15 is 0 Å². The molecule has 21 heavy (non-hydrogen) atoms. The molecule has 1 N–H and O–H groups in total. The smallest absolute Gasteiger partial charge is 0.283 e. The quantitative estimate of drug-likeness (QED) is 0.669. The highest BCUT2D eigenvalue weighted by Gasteiger charge is 2.32. The number of nitrogens with zero attached hydrogens (tertiary/aromatic N) is 2. The zero-order chi connectivity index (χ0) is 15.4. The molecular formula is C14H18ClN3O3. The number of benzene rings is 1. The molecule has 0 saturated carbocycles. The first-order chi connectivity index (χ1) is 10.1. The van der Waals surface area contributed by atoms with Gasteiger partial charge in [-0.1, -0.05) is 24.6 Å². The molecule has 114 valence electrons. The van der Waals surface area contributed by atoms with Gasteiger partial charge in [-0.3, -0.25) is 14.9 Å². The van der Waals surface area contributed by atoms with Crippen molar-refractivity contribution in [2.24, 2.45) is 0 Å². The van der Waals surface area contributed by atoms with Gasteiger partial charge in [0.25, 0.3) is 11.6 Å². The predicted octanol–water partition coefficient (Wildman–Crippen LogP) is 2.46. The number of carbonyl (C=O) groups excluding carboxylic acids is 1. The third kappa shape index (κ3) is 3.33. The second-order valence-electron chi connectivity index (χ2n) is 5.04. The summed E-state index contributed by atoms with van der Waals surface area (Å²) < 4.78 is 0. The lowest BCUT2D eigenvalue weighted by atomic mass is 10.1. The summed E-state index contributed by atoms with van der Waals surface area (Å²) in [4.78, 5) is 25.1. The highest BCUT2D eigenvalue weighted by Crippen LogP contribution is 2.28. The van der Waals surface area contributed by atoms with Gasteiger partial charge in [0.1, 0.15) is 5.56 Å². The van der Waals surface area contributed by atoms with Crippen molar-refractivity contribution in [1.82, 2.24) is 10.2 Å². The van der Waals surface area contributed by atoms with Crippen molar-refractivity contribution in [2.75, 3.05) is 19.6 Å². The van der Waals surface area contributed by atoms with Crippen LogP contribution in [0.4, 0.5) is 5.69 Å². The molecule has 1 heterocycles. The number of halogens is 1. The van der Waals surface area contributed by atoms with Crippen LogP contribution in [0.15, 0.2) is 18.2 Å². The predicted molar refractivity (Wildman–Crippen MR) is 80.7 cm³/mol. The monoisotopic (exact) mass is 311 g/mol. The van der Waals surface area contributed by atoms with E-state index in [1.54, 1.807) is 4.90 Å². The molecule has 1 aliphatic rings. The van der Waals surface area contributed by atoms with Crippen molar-refractivity contribution in [3.63, 3.8) is 0 Å². The summed E-state index contributed by atoms with van der Waals surface area (Å²) in [6.07, 6.45) is 1.64. The van der Waals surface area contributed by atoms with E-state index in [-0.39, 0.29) is 28.2 Å². The zero-order valence-electron chi connectivity index (χ0n) is 11.8. The summed E-state index contributed by atoms with van der Waals surface area (Å²) >= 11 is 6.05. The molecule has 1 atom stereocenters. The van der Waals surface area contributed by atoms with E-state index in [0.29, 0.717) is 13.1 Å². The molecule has 1 unspecified atom stereocenters. The van der Waals surface area contributed by atoms with Crippen LogP contribution < -0.4 is 5.32 Å². The molecule has 0 spiro atoms. The van der Waals surface area contributed by atoms with Crippen molar-refractivity contribution in [3.8, 4) is 0 Å². The second-order valence-corrected chi connectivity index (χ2v) is 5.44. The van der Waals surface area contributed by atoms with Crippen LogP contribution in [0.2, 0.25) is 5.02 Å². The first-order valence-corrected chi connectivity index (χ1v) is 7.38. The molecule has 7 heteroatoms. The lowest BCUT2D eigenvalue weighted by molar-refractivity contribution is -0.385. The minimum absolute atomic E-state index is 0.00971. The van der Waals surface area contributed by atoms with E-state index in [9.17, 15) is 14.9 Å². The Morgan fingerprint density at radius 2 is 2.33 bits per heavy atom. The molecule has 1 fully saturated rings. The van der Waals surface area contributed by atoms with Gasteiger partial charge in [0, 0.05) is 25.2 Å². The topological polar surface area (TPSA) is 75.5 Å². The number of amides is 1. The summed E-state index contributed by atoms with van der Waals surface area (Å²) in [6, 6.07) is 4.38. The van der Waals surface area contributed by atoms with E-state index in [1.165, 1.54) is 18.2 Å². The lowest BCUT2D eigenvalue weighted by Gasteiger charge is -2.28. The van der Waals surface area contributed by atoms with Crippen molar-refractivity contribution in [1.29, 1.82) is 0 Å². The van der Waals surface area contributed by atoms with Gasteiger partial charge in [0.15, 0.2) is 0 Å². The van der Waals surface area contributed by atoms with Crippen LogP contribution in [0.25, 0.3) is 0 Å². The number of rotatable bonds is 5. The maximum absolute atomic E-state index is 12.8. The van der Waals surface area contributed by atoms with Crippen LogP contribution in [0.3, 0.4) is 0 Å². The minimum atomic E-state index is -0.559. The van der Waals surface area contributed by atoms with Gasteiger partial charge in [-0.2, -0.15) is 0 Å². The SMILES string of the molecule is CCCN(C(=O)c1c(Cl)cccc1[N+](=O)[O-])C1CCNC1. The summed E-state index contributed by atoms with van der Waals surface area (Å²) in [5, 5.41) is 14.5. The molecule has 0 aromatic heterocycles. The Balaban J connectivity index is 2.38. The van der Waals surface area contributed by atoms with E-state index in [0.717, 1.165) is 19.4 Å². The third-order valence-electron chi connectivity index (χ3n) is 3.60. The minimum Gasteiger partial charge on any atom is -0.334 e. The van der Waals surface area contributed by atoms with Gasteiger partial charge < -0.3 is 10.2 Å². The van der Waals surface area contributed by atoms with Crippen LogP contribution in [-0.4, -0.2) is 41.4 Å². The average molecular weight is 312 g/mol. The number of hydrogen-bond donors (Lipinski definition) is 1. The van der Waals surface area contributed by atoms with E-state index in [2.05, 4.69) is 5.32 Å². The molecule has 1 amide bonds. The highest BCUT2D eigenvalue weighted by atomic mass is 35.5. The van der Waals surface area contributed by atoms with Gasteiger partial charge in [-0.25, -0.2) is 0 Å². The molecule has 6 nitrogen and oxygen atoms in total. The van der Waals surface area contributed by atoms with Gasteiger partial charge in [-0.05, 0) is 25.5 Å². The molecular weight excluding hydrogens is 294 g/mol. The van der Waals surface area contributed by atoms with Gasteiger partial charge in [0.05, 0.1) is 9.95 Å². The molecule has 0 bridgehead atoms. The first-order valence-electron chi connectivity index (χ1n) is 7.00. The van der Waals surface area contributed by atoms with Crippen LogP contribution in [-0.2, 0) is 0 Å². The molecule has 1 aromatic carbocycles. The zero-order valence-corrected chi connectivity index (χ0v) is 12.6. The van der Waals surface area contributed by atoms with Gasteiger partial charge in [0.2, 0.25) is 0 Å². The fourth-order valence-electron chi connectivity index (χ4n) is 2.62. The van der Waals surface area contributed by atoms with Crippen LogP contribution in [0.1, 0.15) is 30.1 Å². The Morgan fingerprint density at radius 3 is 2.90 bits per heavy atom. The first kappa shape index (κ1) is 15.7. The van der Waals surface area contributed by atoms with E-state index in [1.807, 2.05) is 6.92 Å². The normalized spacial score (nSPS) is 17.7. The number of hydrogen-bond acceptors (Lipinski definition) is 4. The maximum atomic E-state index is 12.8. The van der Waals surface area contributed by atoms with E-state index in [4.69, 9.17) is 11.6 Å². The largest absolute Gasteiger partial charge is 0.334 e.